The SMILES string of the molecule is O=C(NCC(c1ccccc1)c1ccccc1)C1CC2CCC1C2. The molecule has 3 atom stereocenters. The Hall–Kier alpha value is -2.09. The van der Waals surface area contributed by atoms with E-state index in [-0.39, 0.29) is 17.7 Å². The molecule has 2 aliphatic carbocycles. The summed E-state index contributed by atoms with van der Waals surface area (Å²) in [6.45, 7) is 0.681. The Morgan fingerprint density at radius 3 is 2.04 bits per heavy atom. The standard InChI is InChI=1S/C22H25NO/c24-22(20-14-16-11-12-19(20)13-16)23-15-21(17-7-3-1-4-8-17)18-9-5-2-6-10-18/h1-10,16,19-21H,11-15H2,(H,23,24). The Morgan fingerprint density at radius 2 is 1.54 bits per heavy atom. The molecule has 0 spiro atoms. The van der Waals surface area contributed by atoms with E-state index in [4.69, 9.17) is 0 Å². The van der Waals surface area contributed by atoms with Crippen LogP contribution in [0.15, 0.2) is 60.7 Å². The van der Waals surface area contributed by atoms with E-state index in [2.05, 4.69) is 53.8 Å². The van der Waals surface area contributed by atoms with E-state index in [1.807, 2.05) is 12.1 Å². The van der Waals surface area contributed by atoms with Gasteiger partial charge < -0.3 is 5.32 Å². The second kappa shape index (κ2) is 6.80. The topological polar surface area (TPSA) is 29.1 Å². The zero-order chi connectivity index (χ0) is 16.4. The van der Waals surface area contributed by atoms with Gasteiger partial charge in [0.15, 0.2) is 0 Å². The van der Waals surface area contributed by atoms with E-state index in [0.717, 1.165) is 12.3 Å². The van der Waals surface area contributed by atoms with Gasteiger partial charge in [-0.25, -0.2) is 0 Å². The lowest BCUT2D eigenvalue weighted by Crippen LogP contribution is -2.36. The zero-order valence-electron chi connectivity index (χ0n) is 14.0. The molecule has 124 valence electrons. The van der Waals surface area contributed by atoms with Crippen LogP contribution >= 0.6 is 0 Å². The molecule has 2 nitrogen and oxygen atoms in total. The lowest BCUT2D eigenvalue weighted by atomic mass is 9.87. The summed E-state index contributed by atoms with van der Waals surface area (Å²) in [5.41, 5.74) is 2.52. The average molecular weight is 319 g/mol. The molecule has 1 amide bonds. The first-order chi connectivity index (χ1) is 11.8. The van der Waals surface area contributed by atoms with Gasteiger partial charge in [-0.1, -0.05) is 67.1 Å². The molecule has 24 heavy (non-hydrogen) atoms. The number of carbonyl (C=O) groups excluding carboxylic acids is 1. The molecule has 0 heterocycles. The molecule has 0 radical (unpaired) electrons. The van der Waals surface area contributed by atoms with E-state index >= 15 is 0 Å². The highest BCUT2D eigenvalue weighted by molar-refractivity contribution is 5.79. The van der Waals surface area contributed by atoms with Crippen LogP contribution in [0, 0.1) is 17.8 Å². The normalized spacial score (nSPS) is 25.1. The minimum absolute atomic E-state index is 0.218. The van der Waals surface area contributed by atoms with Crippen molar-refractivity contribution in [3.05, 3.63) is 71.8 Å². The summed E-state index contributed by atoms with van der Waals surface area (Å²) < 4.78 is 0. The second-order valence-electron chi connectivity index (χ2n) is 7.40. The van der Waals surface area contributed by atoms with Crippen LogP contribution < -0.4 is 5.32 Å². The van der Waals surface area contributed by atoms with Crippen molar-refractivity contribution >= 4 is 5.91 Å². The molecule has 2 aromatic carbocycles. The van der Waals surface area contributed by atoms with Gasteiger partial charge in [-0.05, 0) is 42.2 Å². The number of amides is 1. The van der Waals surface area contributed by atoms with Crippen LogP contribution in [0.5, 0.6) is 0 Å². The summed E-state index contributed by atoms with van der Waals surface area (Å²) in [5.74, 6) is 2.21. The van der Waals surface area contributed by atoms with E-state index in [1.165, 1.54) is 30.4 Å². The van der Waals surface area contributed by atoms with Crippen molar-refractivity contribution in [2.45, 2.75) is 31.6 Å². The molecule has 0 saturated heterocycles. The van der Waals surface area contributed by atoms with Crippen molar-refractivity contribution in [2.24, 2.45) is 17.8 Å². The van der Waals surface area contributed by atoms with Crippen LogP contribution in [-0.2, 0) is 4.79 Å². The van der Waals surface area contributed by atoms with E-state index < -0.39 is 0 Å². The fraction of sp³-hybridized carbons (Fsp3) is 0.409. The lowest BCUT2D eigenvalue weighted by molar-refractivity contribution is -0.126. The van der Waals surface area contributed by atoms with Gasteiger partial charge >= 0.3 is 0 Å². The van der Waals surface area contributed by atoms with Crippen LogP contribution in [0.25, 0.3) is 0 Å². The highest BCUT2D eigenvalue weighted by Gasteiger charge is 2.43. The molecule has 2 aromatic rings. The highest BCUT2D eigenvalue weighted by atomic mass is 16.1. The maximum Gasteiger partial charge on any atom is 0.223 e. The van der Waals surface area contributed by atoms with Gasteiger partial charge in [-0.3, -0.25) is 4.79 Å². The molecular weight excluding hydrogens is 294 g/mol. The molecular formula is C22H25NO. The maximum atomic E-state index is 12.7. The smallest absolute Gasteiger partial charge is 0.223 e. The number of fused-ring (bicyclic) bond motifs is 2. The number of nitrogens with one attached hydrogen (secondary N) is 1. The Bertz CT molecular complexity index is 642. The van der Waals surface area contributed by atoms with Gasteiger partial charge in [0.25, 0.3) is 0 Å². The predicted molar refractivity (Wildman–Crippen MR) is 96.7 cm³/mol. The summed E-state index contributed by atoms with van der Waals surface area (Å²) in [5, 5.41) is 3.27. The first-order valence-corrected chi connectivity index (χ1v) is 9.19. The van der Waals surface area contributed by atoms with E-state index in [0.29, 0.717) is 12.5 Å². The lowest BCUT2D eigenvalue weighted by Gasteiger charge is -2.23. The summed E-state index contributed by atoms with van der Waals surface area (Å²) in [4.78, 5) is 12.7. The molecule has 2 aliphatic rings. The largest absolute Gasteiger partial charge is 0.355 e. The average Bonchev–Trinajstić information content (AvgIpc) is 3.27. The molecule has 0 aliphatic heterocycles. The van der Waals surface area contributed by atoms with Gasteiger partial charge in [-0.15, -0.1) is 0 Å². The van der Waals surface area contributed by atoms with Crippen LogP contribution in [0.3, 0.4) is 0 Å². The van der Waals surface area contributed by atoms with Gasteiger partial charge in [0, 0.05) is 18.4 Å². The first kappa shape index (κ1) is 15.4. The fourth-order valence-electron chi connectivity index (χ4n) is 4.70. The van der Waals surface area contributed by atoms with Crippen LogP contribution in [-0.4, -0.2) is 12.5 Å². The summed E-state index contributed by atoms with van der Waals surface area (Å²) in [6, 6.07) is 21.0. The Labute approximate surface area is 144 Å². The van der Waals surface area contributed by atoms with Crippen molar-refractivity contribution in [1.82, 2.24) is 5.32 Å². The molecule has 2 fully saturated rings. The van der Waals surface area contributed by atoms with Crippen molar-refractivity contribution in [1.29, 1.82) is 0 Å². The first-order valence-electron chi connectivity index (χ1n) is 9.19. The maximum absolute atomic E-state index is 12.7. The molecule has 2 heteroatoms. The van der Waals surface area contributed by atoms with Gasteiger partial charge in [-0.2, -0.15) is 0 Å². The third-order valence-corrected chi connectivity index (χ3v) is 5.96. The number of rotatable bonds is 5. The monoisotopic (exact) mass is 319 g/mol. The van der Waals surface area contributed by atoms with Gasteiger partial charge in [0.1, 0.15) is 0 Å². The van der Waals surface area contributed by atoms with Gasteiger partial charge in [0.2, 0.25) is 5.91 Å². The quantitative estimate of drug-likeness (QED) is 0.871. The summed E-state index contributed by atoms with van der Waals surface area (Å²) in [7, 11) is 0. The van der Waals surface area contributed by atoms with E-state index in [9.17, 15) is 4.79 Å². The second-order valence-corrected chi connectivity index (χ2v) is 7.40. The molecule has 3 unspecified atom stereocenters. The number of hydrogen-bond acceptors (Lipinski definition) is 1. The summed E-state index contributed by atoms with van der Waals surface area (Å²) >= 11 is 0. The minimum Gasteiger partial charge on any atom is -0.355 e. The van der Waals surface area contributed by atoms with Crippen LogP contribution in [0.2, 0.25) is 0 Å². The van der Waals surface area contributed by atoms with Crippen LogP contribution in [0.4, 0.5) is 0 Å². The Balaban J connectivity index is 1.47. The van der Waals surface area contributed by atoms with Crippen molar-refractivity contribution < 1.29 is 4.79 Å². The number of benzene rings is 2. The molecule has 1 N–H and O–H groups in total. The third kappa shape index (κ3) is 3.10. The molecule has 4 rings (SSSR count). The summed E-state index contributed by atoms with van der Waals surface area (Å²) in [6.07, 6.45) is 4.98. The highest BCUT2D eigenvalue weighted by Crippen LogP contribution is 2.48. The molecule has 2 saturated carbocycles. The zero-order valence-corrected chi connectivity index (χ0v) is 14.0. The van der Waals surface area contributed by atoms with Crippen molar-refractivity contribution in [2.75, 3.05) is 6.54 Å². The Kier molecular flexibility index (Phi) is 4.38. The van der Waals surface area contributed by atoms with E-state index in [1.54, 1.807) is 0 Å². The van der Waals surface area contributed by atoms with Crippen molar-refractivity contribution in [3.63, 3.8) is 0 Å². The molecule has 2 bridgehead atoms. The fourth-order valence-corrected chi connectivity index (χ4v) is 4.70. The predicted octanol–water partition coefficient (Wildman–Crippen LogP) is 4.37. The third-order valence-electron chi connectivity index (χ3n) is 5.96. The molecule has 0 aromatic heterocycles. The van der Waals surface area contributed by atoms with Gasteiger partial charge in [0.05, 0.1) is 0 Å². The minimum atomic E-state index is 0.218. The number of carbonyl (C=O) groups is 1. The Morgan fingerprint density at radius 1 is 0.917 bits per heavy atom. The number of hydrogen-bond donors (Lipinski definition) is 1. The van der Waals surface area contributed by atoms with Crippen LogP contribution in [0.1, 0.15) is 42.7 Å². The van der Waals surface area contributed by atoms with Crippen molar-refractivity contribution in [3.8, 4) is 0 Å².